The number of carbonyl (C=O) groups is 1. The van der Waals surface area contributed by atoms with E-state index in [1.54, 1.807) is 4.90 Å². The van der Waals surface area contributed by atoms with Crippen LogP contribution in [0.4, 0.5) is 0 Å². The average molecular weight is 234 g/mol. The van der Waals surface area contributed by atoms with E-state index in [0.717, 1.165) is 31.6 Å². The summed E-state index contributed by atoms with van der Waals surface area (Å²) in [5.41, 5.74) is 0. The molecule has 2 saturated heterocycles. The molecule has 2 rings (SSSR count). The highest BCUT2D eigenvalue weighted by molar-refractivity contribution is 5.83. The minimum atomic E-state index is -0.215. The Morgan fingerprint density at radius 1 is 1.41 bits per heavy atom. The highest BCUT2D eigenvalue weighted by atomic mass is 16.2. The van der Waals surface area contributed by atoms with Crippen LogP contribution in [0.15, 0.2) is 12.4 Å². The van der Waals surface area contributed by atoms with Crippen molar-refractivity contribution in [2.24, 2.45) is 0 Å². The van der Waals surface area contributed by atoms with Gasteiger partial charge in [-0.15, -0.1) is 0 Å². The zero-order chi connectivity index (χ0) is 12.4. The van der Waals surface area contributed by atoms with E-state index in [9.17, 15) is 4.79 Å². The van der Waals surface area contributed by atoms with Crippen LogP contribution in [0.2, 0.25) is 0 Å². The summed E-state index contributed by atoms with van der Waals surface area (Å²) < 4.78 is 0. The molecule has 0 radical (unpaired) electrons. The third-order valence-electron chi connectivity index (χ3n) is 3.62. The molecule has 0 aromatic heterocycles. The fourth-order valence-corrected chi connectivity index (χ4v) is 2.47. The van der Waals surface area contributed by atoms with Gasteiger partial charge in [-0.05, 0) is 19.3 Å². The van der Waals surface area contributed by atoms with Crippen molar-refractivity contribution in [2.75, 3.05) is 20.1 Å². The first kappa shape index (κ1) is 11.8. The Bertz CT molecular complexity index is 373. The molecule has 5 nitrogen and oxygen atoms in total. The zero-order valence-electron chi connectivity index (χ0n) is 10.1. The van der Waals surface area contributed by atoms with Gasteiger partial charge in [-0.2, -0.15) is 5.26 Å². The third-order valence-corrected chi connectivity index (χ3v) is 3.62. The van der Waals surface area contributed by atoms with Gasteiger partial charge in [0.1, 0.15) is 12.1 Å². The second-order valence-corrected chi connectivity index (χ2v) is 4.51. The van der Waals surface area contributed by atoms with Crippen molar-refractivity contribution >= 4 is 5.91 Å². The number of amides is 1. The number of hydrogen-bond acceptors (Lipinski definition) is 4. The Kier molecular flexibility index (Phi) is 3.23. The SMILES string of the molecule is C=C(NC)N1CCC[C@H]1C(=O)N1CC[C@H]1C#N. The number of nitriles is 1. The summed E-state index contributed by atoms with van der Waals surface area (Å²) in [7, 11) is 1.81. The van der Waals surface area contributed by atoms with Crippen molar-refractivity contribution in [1.29, 1.82) is 5.26 Å². The summed E-state index contributed by atoms with van der Waals surface area (Å²) in [6.07, 6.45) is 2.66. The monoisotopic (exact) mass is 234 g/mol. The number of hydrogen-bond donors (Lipinski definition) is 1. The lowest BCUT2D eigenvalue weighted by atomic mass is 10.0. The molecule has 2 aliphatic rings. The zero-order valence-corrected chi connectivity index (χ0v) is 10.1. The number of likely N-dealkylation sites (tertiary alicyclic amines) is 2. The van der Waals surface area contributed by atoms with Gasteiger partial charge >= 0.3 is 0 Å². The lowest BCUT2D eigenvalue weighted by molar-refractivity contribution is -0.141. The predicted molar refractivity (Wildman–Crippen MR) is 63.7 cm³/mol. The number of rotatable bonds is 3. The van der Waals surface area contributed by atoms with Gasteiger partial charge < -0.3 is 15.1 Å². The van der Waals surface area contributed by atoms with Gasteiger partial charge in [-0.1, -0.05) is 6.58 Å². The van der Waals surface area contributed by atoms with E-state index in [0.29, 0.717) is 6.54 Å². The highest BCUT2D eigenvalue weighted by Gasteiger charge is 2.40. The molecule has 0 bridgehead atoms. The second kappa shape index (κ2) is 4.66. The Hall–Kier alpha value is -1.70. The van der Waals surface area contributed by atoms with Crippen LogP contribution in [0, 0.1) is 11.3 Å². The molecular weight excluding hydrogens is 216 g/mol. The van der Waals surface area contributed by atoms with Crippen LogP contribution in [-0.2, 0) is 4.79 Å². The van der Waals surface area contributed by atoms with Gasteiger partial charge in [0, 0.05) is 20.1 Å². The second-order valence-electron chi connectivity index (χ2n) is 4.51. The predicted octanol–water partition coefficient (Wildman–Crippen LogP) is 0.266. The van der Waals surface area contributed by atoms with E-state index in [1.165, 1.54) is 0 Å². The summed E-state index contributed by atoms with van der Waals surface area (Å²) in [6.45, 7) is 5.49. The van der Waals surface area contributed by atoms with E-state index in [-0.39, 0.29) is 18.0 Å². The van der Waals surface area contributed by atoms with Crippen LogP contribution in [0.25, 0.3) is 0 Å². The summed E-state index contributed by atoms with van der Waals surface area (Å²) in [5, 5.41) is 11.9. The molecule has 1 amide bonds. The first-order chi connectivity index (χ1) is 8.19. The molecular formula is C12H18N4O. The van der Waals surface area contributed by atoms with Crippen molar-refractivity contribution in [2.45, 2.75) is 31.3 Å². The van der Waals surface area contributed by atoms with Gasteiger partial charge in [0.25, 0.3) is 0 Å². The molecule has 1 N–H and O–H groups in total. The van der Waals surface area contributed by atoms with E-state index in [1.807, 2.05) is 11.9 Å². The van der Waals surface area contributed by atoms with E-state index < -0.39 is 0 Å². The maximum Gasteiger partial charge on any atom is 0.246 e. The van der Waals surface area contributed by atoms with Crippen LogP contribution in [0.5, 0.6) is 0 Å². The maximum atomic E-state index is 12.3. The first-order valence-electron chi connectivity index (χ1n) is 6.02. The summed E-state index contributed by atoms with van der Waals surface area (Å²) in [5.74, 6) is 0.867. The van der Waals surface area contributed by atoms with E-state index in [4.69, 9.17) is 5.26 Å². The van der Waals surface area contributed by atoms with Crippen molar-refractivity contribution < 1.29 is 4.79 Å². The lowest BCUT2D eigenvalue weighted by Crippen LogP contribution is -2.56. The molecule has 5 heteroatoms. The van der Waals surface area contributed by atoms with Crippen molar-refractivity contribution in [3.63, 3.8) is 0 Å². The topological polar surface area (TPSA) is 59.4 Å². The van der Waals surface area contributed by atoms with Crippen molar-refractivity contribution in [1.82, 2.24) is 15.1 Å². The van der Waals surface area contributed by atoms with Crippen LogP contribution in [-0.4, -0.2) is 47.9 Å². The number of carbonyl (C=O) groups excluding carboxylic acids is 1. The standard InChI is InChI=1S/C12H18N4O/c1-9(14-2)15-6-3-4-11(15)12(17)16-7-5-10(16)8-13/h10-11,14H,1,3-7H2,2H3/t10-,11-/m0/s1. The molecule has 2 atom stereocenters. The number of nitrogens with zero attached hydrogens (tertiary/aromatic N) is 3. The fraction of sp³-hybridized carbons (Fsp3) is 0.667. The summed E-state index contributed by atoms with van der Waals surface area (Å²) in [4.78, 5) is 16.0. The highest BCUT2D eigenvalue weighted by Crippen LogP contribution is 2.26. The Labute approximate surface area is 102 Å². The molecule has 2 aliphatic heterocycles. The van der Waals surface area contributed by atoms with Crippen LogP contribution in [0.3, 0.4) is 0 Å². The molecule has 17 heavy (non-hydrogen) atoms. The van der Waals surface area contributed by atoms with Gasteiger partial charge in [0.05, 0.1) is 11.9 Å². The molecule has 92 valence electrons. The first-order valence-corrected chi connectivity index (χ1v) is 6.02. The minimum absolute atomic E-state index is 0.0803. The van der Waals surface area contributed by atoms with Crippen LogP contribution < -0.4 is 5.32 Å². The largest absolute Gasteiger partial charge is 0.375 e. The average Bonchev–Trinajstić information content (AvgIpc) is 2.76. The molecule has 2 heterocycles. The van der Waals surface area contributed by atoms with E-state index in [2.05, 4.69) is 18.0 Å². The molecule has 0 aliphatic carbocycles. The number of nitrogens with one attached hydrogen (secondary N) is 1. The fourth-order valence-electron chi connectivity index (χ4n) is 2.47. The Morgan fingerprint density at radius 2 is 2.18 bits per heavy atom. The van der Waals surface area contributed by atoms with Crippen molar-refractivity contribution in [3.8, 4) is 6.07 Å². The summed E-state index contributed by atoms with van der Waals surface area (Å²) >= 11 is 0. The van der Waals surface area contributed by atoms with E-state index >= 15 is 0 Å². The smallest absolute Gasteiger partial charge is 0.246 e. The Balaban J connectivity index is 2.04. The molecule has 0 aromatic rings. The molecule has 0 unspecified atom stereocenters. The Morgan fingerprint density at radius 3 is 2.71 bits per heavy atom. The van der Waals surface area contributed by atoms with Gasteiger partial charge in [-0.3, -0.25) is 4.79 Å². The molecule has 0 aromatic carbocycles. The van der Waals surface area contributed by atoms with Gasteiger partial charge in [-0.25, -0.2) is 0 Å². The van der Waals surface area contributed by atoms with Crippen LogP contribution in [0.1, 0.15) is 19.3 Å². The normalized spacial score (nSPS) is 27.3. The van der Waals surface area contributed by atoms with Crippen LogP contribution >= 0.6 is 0 Å². The maximum absolute atomic E-state index is 12.3. The lowest BCUT2D eigenvalue weighted by Gasteiger charge is -2.40. The quantitative estimate of drug-likeness (QED) is 0.761. The van der Waals surface area contributed by atoms with Gasteiger partial charge in [0.2, 0.25) is 5.91 Å². The molecule has 0 spiro atoms. The minimum Gasteiger partial charge on any atom is -0.375 e. The van der Waals surface area contributed by atoms with Gasteiger partial charge in [0.15, 0.2) is 0 Å². The third kappa shape index (κ3) is 1.95. The summed E-state index contributed by atoms with van der Waals surface area (Å²) in [6, 6.07) is 1.81. The van der Waals surface area contributed by atoms with Crippen molar-refractivity contribution in [3.05, 3.63) is 12.4 Å². The molecule has 0 saturated carbocycles. The molecule has 2 fully saturated rings.